The van der Waals surface area contributed by atoms with E-state index in [1.807, 2.05) is 0 Å². The zero-order chi connectivity index (χ0) is 14.8. The van der Waals surface area contributed by atoms with Crippen LogP contribution in [0.5, 0.6) is 5.75 Å². The van der Waals surface area contributed by atoms with Gasteiger partial charge in [0.05, 0.1) is 0 Å². The van der Waals surface area contributed by atoms with Gasteiger partial charge in [-0.05, 0) is 17.7 Å². The van der Waals surface area contributed by atoms with Crippen molar-refractivity contribution < 1.29 is 35.5 Å². The second-order valence-electron chi connectivity index (χ2n) is 3.55. The van der Waals surface area contributed by atoms with Gasteiger partial charge in [0.15, 0.2) is 0 Å². The third-order valence-electron chi connectivity index (χ3n) is 2.10. The molecular formula is C10H9ClF7NO. The molecule has 0 aliphatic heterocycles. The van der Waals surface area contributed by atoms with Crippen LogP contribution in [0.25, 0.3) is 0 Å². The van der Waals surface area contributed by atoms with Gasteiger partial charge in [0.25, 0.3) is 0 Å². The van der Waals surface area contributed by atoms with Crippen LogP contribution in [-0.4, -0.2) is 18.7 Å². The number of halogens is 8. The molecule has 20 heavy (non-hydrogen) atoms. The van der Waals surface area contributed by atoms with Gasteiger partial charge in [-0.3, -0.25) is 0 Å². The van der Waals surface area contributed by atoms with Gasteiger partial charge in [0, 0.05) is 0 Å². The molecule has 0 aliphatic carbocycles. The predicted octanol–water partition coefficient (Wildman–Crippen LogP) is 3.91. The smallest absolute Gasteiger partial charge is 0.428 e. The highest BCUT2D eigenvalue weighted by Gasteiger charge is 2.44. The largest absolute Gasteiger partial charge is 0.461 e. The van der Waals surface area contributed by atoms with Crippen LogP contribution in [0, 0.1) is 0 Å². The topological polar surface area (TPSA) is 35.2 Å². The highest BCUT2D eigenvalue weighted by molar-refractivity contribution is 5.85. The number of ether oxygens (including phenoxy) is 1. The molecule has 0 unspecified atom stereocenters. The summed E-state index contributed by atoms with van der Waals surface area (Å²) >= 11 is 0. The normalized spacial score (nSPS) is 13.8. The molecule has 0 fully saturated rings. The van der Waals surface area contributed by atoms with Gasteiger partial charge in [-0.15, -0.1) is 12.4 Å². The van der Waals surface area contributed by atoms with Crippen molar-refractivity contribution in [2.75, 3.05) is 0 Å². The van der Waals surface area contributed by atoms with Crippen LogP contribution < -0.4 is 10.5 Å². The van der Waals surface area contributed by atoms with Crippen molar-refractivity contribution in [3.05, 3.63) is 29.8 Å². The Bertz CT molecular complexity index is 421. The third kappa shape index (κ3) is 4.71. The molecule has 0 radical (unpaired) electrons. The van der Waals surface area contributed by atoms with Gasteiger partial charge in [-0.25, -0.2) is 0 Å². The Morgan fingerprint density at radius 3 is 1.75 bits per heavy atom. The lowest BCUT2D eigenvalue weighted by Crippen LogP contribution is -2.33. The Hall–Kier alpha value is -1.22. The average molecular weight is 328 g/mol. The number of alkyl halides is 7. The summed E-state index contributed by atoms with van der Waals surface area (Å²) in [5.74, 6) is -0.691. The summed E-state index contributed by atoms with van der Waals surface area (Å²) in [6.45, 7) is 0. The zero-order valence-corrected chi connectivity index (χ0v) is 10.3. The molecule has 1 atom stereocenters. The molecule has 0 saturated carbocycles. The molecule has 2 nitrogen and oxygen atoms in total. The van der Waals surface area contributed by atoms with E-state index in [0.29, 0.717) is 12.1 Å². The Morgan fingerprint density at radius 2 is 1.40 bits per heavy atom. The summed E-state index contributed by atoms with van der Waals surface area (Å²) in [4.78, 5) is 0. The summed E-state index contributed by atoms with van der Waals surface area (Å²) in [6.07, 6.45) is -13.5. The quantitative estimate of drug-likeness (QED) is 0.851. The minimum atomic E-state index is -4.71. The van der Waals surface area contributed by atoms with E-state index in [4.69, 9.17) is 5.73 Å². The molecule has 0 spiro atoms. The molecule has 0 heterocycles. The summed E-state index contributed by atoms with van der Waals surface area (Å²) in [5.41, 5.74) is 4.46. The fraction of sp³-hybridized carbons (Fsp3) is 0.400. The third-order valence-corrected chi connectivity index (χ3v) is 2.10. The molecule has 0 aromatic heterocycles. The molecule has 1 rings (SSSR count). The monoisotopic (exact) mass is 327 g/mol. The van der Waals surface area contributed by atoms with Crippen molar-refractivity contribution in [1.29, 1.82) is 0 Å². The maximum atomic E-state index is 12.5. The van der Waals surface area contributed by atoms with Gasteiger partial charge in [0.1, 0.15) is 11.8 Å². The molecule has 0 saturated heterocycles. The van der Waals surface area contributed by atoms with Crippen molar-refractivity contribution in [2.45, 2.75) is 24.8 Å². The van der Waals surface area contributed by atoms with E-state index >= 15 is 0 Å². The van der Waals surface area contributed by atoms with Gasteiger partial charge in [0.2, 0.25) is 0 Å². The van der Waals surface area contributed by atoms with Crippen molar-refractivity contribution >= 4 is 12.4 Å². The lowest BCUT2D eigenvalue weighted by atomic mass is 10.1. The number of benzene rings is 1. The summed E-state index contributed by atoms with van der Waals surface area (Å²) in [7, 11) is 0. The van der Waals surface area contributed by atoms with Crippen LogP contribution in [0.1, 0.15) is 11.6 Å². The average Bonchev–Trinajstić information content (AvgIpc) is 2.27. The standard InChI is InChI=1S/C10H8F7NO.ClH/c11-8(12)10(16,17)19-6-3-1-5(2-4-6)7(18)9(13,14)15;/h1-4,7-8H,18H2;1H/t7-;/m0./s1. The fourth-order valence-corrected chi connectivity index (χ4v) is 1.13. The molecule has 0 bridgehead atoms. The Kier molecular flexibility index (Phi) is 6.09. The first-order chi connectivity index (χ1) is 8.54. The molecule has 0 aliphatic rings. The number of hydrogen-bond acceptors (Lipinski definition) is 2. The minimum Gasteiger partial charge on any atom is -0.428 e. The molecule has 0 amide bonds. The second-order valence-corrected chi connectivity index (χ2v) is 3.55. The Labute approximate surface area is 115 Å². The van der Waals surface area contributed by atoms with Crippen molar-refractivity contribution in [3.63, 3.8) is 0 Å². The van der Waals surface area contributed by atoms with Gasteiger partial charge in [-0.1, -0.05) is 12.1 Å². The predicted molar refractivity (Wildman–Crippen MR) is 58.3 cm³/mol. The second kappa shape index (κ2) is 6.49. The first-order valence-electron chi connectivity index (χ1n) is 4.81. The van der Waals surface area contributed by atoms with E-state index < -0.39 is 36.1 Å². The van der Waals surface area contributed by atoms with Gasteiger partial charge < -0.3 is 10.5 Å². The maximum Gasteiger partial charge on any atom is 0.461 e. The molecular weight excluding hydrogens is 319 g/mol. The molecule has 116 valence electrons. The Morgan fingerprint density at radius 1 is 0.950 bits per heavy atom. The van der Waals surface area contributed by atoms with Crippen LogP contribution in [-0.2, 0) is 0 Å². The molecule has 2 N–H and O–H groups in total. The SMILES string of the molecule is Cl.N[C@@H](c1ccc(OC(F)(F)C(F)F)cc1)C(F)(F)F. The lowest BCUT2D eigenvalue weighted by molar-refractivity contribution is -0.253. The van der Waals surface area contributed by atoms with Crippen LogP contribution in [0.4, 0.5) is 30.7 Å². The number of nitrogens with two attached hydrogens (primary N) is 1. The van der Waals surface area contributed by atoms with Gasteiger partial charge in [-0.2, -0.15) is 30.7 Å². The van der Waals surface area contributed by atoms with Crippen molar-refractivity contribution in [2.24, 2.45) is 5.73 Å². The highest BCUT2D eigenvalue weighted by Crippen LogP contribution is 2.32. The minimum absolute atomic E-state index is 0. The first-order valence-corrected chi connectivity index (χ1v) is 4.81. The highest BCUT2D eigenvalue weighted by atomic mass is 35.5. The van der Waals surface area contributed by atoms with Crippen LogP contribution in [0.15, 0.2) is 24.3 Å². The molecule has 1 aromatic carbocycles. The van der Waals surface area contributed by atoms with Crippen LogP contribution in [0.2, 0.25) is 0 Å². The number of rotatable bonds is 4. The summed E-state index contributed by atoms with van der Waals surface area (Å²) < 4.78 is 89.0. The fourth-order valence-electron chi connectivity index (χ4n) is 1.13. The lowest BCUT2D eigenvalue weighted by Gasteiger charge is -2.18. The van der Waals surface area contributed by atoms with Gasteiger partial charge >= 0.3 is 18.7 Å². The van der Waals surface area contributed by atoms with Crippen molar-refractivity contribution in [1.82, 2.24) is 0 Å². The Balaban J connectivity index is 0.00000361. The summed E-state index contributed by atoms with van der Waals surface area (Å²) in [5, 5.41) is 0. The van der Waals surface area contributed by atoms with Crippen LogP contribution >= 0.6 is 12.4 Å². The summed E-state index contributed by atoms with van der Waals surface area (Å²) in [6, 6.07) is 0.663. The van der Waals surface area contributed by atoms with E-state index in [1.165, 1.54) is 0 Å². The zero-order valence-electron chi connectivity index (χ0n) is 9.50. The number of hydrogen-bond donors (Lipinski definition) is 1. The van der Waals surface area contributed by atoms with E-state index in [2.05, 4.69) is 4.74 Å². The maximum absolute atomic E-state index is 12.5. The van der Waals surface area contributed by atoms with E-state index in [-0.39, 0.29) is 12.4 Å². The van der Waals surface area contributed by atoms with Crippen LogP contribution in [0.3, 0.4) is 0 Å². The van der Waals surface area contributed by atoms with Crippen molar-refractivity contribution in [3.8, 4) is 5.75 Å². The van der Waals surface area contributed by atoms with E-state index in [0.717, 1.165) is 12.1 Å². The molecule has 10 heteroatoms. The first kappa shape index (κ1) is 18.8. The van der Waals surface area contributed by atoms with E-state index in [9.17, 15) is 30.7 Å². The van der Waals surface area contributed by atoms with E-state index in [1.54, 1.807) is 0 Å². The molecule has 1 aromatic rings.